The maximum Gasteiger partial charge on any atom is 0.321 e. The first-order valence-corrected chi connectivity index (χ1v) is 7.09. The Hall–Kier alpha value is -0.960. The Morgan fingerprint density at radius 2 is 2.18 bits per heavy atom. The molecular formula is C9H13NO5S2. The van der Waals surface area contributed by atoms with Crippen molar-refractivity contribution < 1.29 is 23.4 Å². The van der Waals surface area contributed by atoms with Gasteiger partial charge in [-0.2, -0.15) is 4.72 Å². The predicted octanol–water partition coefficient (Wildman–Crippen LogP) is 0.170. The van der Waals surface area contributed by atoms with Gasteiger partial charge in [0.2, 0.25) is 0 Å². The lowest BCUT2D eigenvalue weighted by atomic mass is 10.2. The maximum absolute atomic E-state index is 11.8. The molecule has 3 N–H and O–H groups in total. The highest BCUT2D eigenvalue weighted by molar-refractivity contribution is 7.91. The largest absolute Gasteiger partial charge is 0.480 e. The molecule has 1 aromatic heterocycles. The average molecular weight is 279 g/mol. The molecule has 0 spiro atoms. The molecule has 0 radical (unpaired) electrons. The van der Waals surface area contributed by atoms with Crippen LogP contribution in [-0.2, 0) is 14.8 Å². The molecule has 0 amide bonds. The zero-order valence-corrected chi connectivity index (χ0v) is 10.7. The van der Waals surface area contributed by atoms with Crippen molar-refractivity contribution in [3.8, 4) is 0 Å². The number of aryl methyl sites for hydroxylation is 1. The Bertz CT molecular complexity index is 493. The smallest absolute Gasteiger partial charge is 0.321 e. The predicted molar refractivity (Wildman–Crippen MR) is 62.5 cm³/mol. The number of carboxylic acid groups (broad SMARTS) is 1. The Kier molecular flexibility index (Phi) is 4.63. The van der Waals surface area contributed by atoms with Crippen LogP contribution in [0.1, 0.15) is 11.3 Å². The number of carbonyl (C=O) groups is 1. The van der Waals surface area contributed by atoms with Crippen LogP contribution in [0.5, 0.6) is 0 Å². The molecule has 0 aliphatic rings. The highest BCUT2D eigenvalue weighted by Crippen LogP contribution is 2.20. The van der Waals surface area contributed by atoms with Crippen molar-refractivity contribution in [3.05, 3.63) is 17.0 Å². The fourth-order valence-corrected chi connectivity index (χ4v) is 3.69. The normalized spacial score (nSPS) is 13.5. The number of thiophene rings is 1. The molecule has 17 heavy (non-hydrogen) atoms. The minimum absolute atomic E-state index is 0.0687. The van der Waals surface area contributed by atoms with Crippen molar-refractivity contribution >= 4 is 27.3 Å². The van der Waals surface area contributed by atoms with Crippen LogP contribution in [0.25, 0.3) is 0 Å². The third-order valence-electron chi connectivity index (χ3n) is 1.99. The van der Waals surface area contributed by atoms with Crippen LogP contribution in [0.4, 0.5) is 0 Å². The molecule has 0 aliphatic heterocycles. The van der Waals surface area contributed by atoms with Gasteiger partial charge in [-0.15, -0.1) is 11.3 Å². The van der Waals surface area contributed by atoms with E-state index in [2.05, 4.69) is 0 Å². The van der Waals surface area contributed by atoms with Crippen molar-refractivity contribution in [2.45, 2.75) is 23.6 Å². The van der Waals surface area contributed by atoms with Gasteiger partial charge in [0, 0.05) is 11.5 Å². The van der Waals surface area contributed by atoms with E-state index in [0.717, 1.165) is 16.2 Å². The Morgan fingerprint density at radius 1 is 1.53 bits per heavy atom. The molecule has 0 saturated heterocycles. The van der Waals surface area contributed by atoms with Gasteiger partial charge >= 0.3 is 5.97 Å². The second kappa shape index (κ2) is 5.58. The number of carboxylic acids is 1. The molecular weight excluding hydrogens is 266 g/mol. The first-order chi connectivity index (χ1) is 7.86. The number of sulfonamides is 1. The minimum Gasteiger partial charge on any atom is -0.480 e. The van der Waals surface area contributed by atoms with E-state index in [1.165, 1.54) is 6.07 Å². The standard InChI is InChI=1S/C9H13NO5S2/c1-6-2-3-8(16-6)17(14,15)10-7(4-5-11)9(12)13/h2-3,7,10-11H,4-5H2,1H3,(H,12,13)/t7-/m1/s1. The lowest BCUT2D eigenvalue weighted by Crippen LogP contribution is -2.41. The molecule has 8 heteroatoms. The summed E-state index contributed by atoms with van der Waals surface area (Å²) >= 11 is 1.06. The molecule has 0 aromatic carbocycles. The van der Waals surface area contributed by atoms with E-state index in [4.69, 9.17) is 10.2 Å². The van der Waals surface area contributed by atoms with Crippen molar-refractivity contribution in [1.82, 2.24) is 4.72 Å². The average Bonchev–Trinajstić information content (AvgIpc) is 2.64. The van der Waals surface area contributed by atoms with Crippen molar-refractivity contribution in [2.24, 2.45) is 0 Å². The molecule has 1 heterocycles. The maximum atomic E-state index is 11.8. The van der Waals surface area contributed by atoms with Gasteiger partial charge in [0.1, 0.15) is 10.3 Å². The summed E-state index contributed by atoms with van der Waals surface area (Å²) in [5.41, 5.74) is 0. The van der Waals surface area contributed by atoms with Crippen molar-refractivity contribution in [3.63, 3.8) is 0 Å². The summed E-state index contributed by atoms with van der Waals surface area (Å²) in [4.78, 5) is 11.6. The van der Waals surface area contributed by atoms with Crippen molar-refractivity contribution in [2.75, 3.05) is 6.61 Å². The molecule has 0 saturated carbocycles. The van der Waals surface area contributed by atoms with Crippen LogP contribution >= 0.6 is 11.3 Å². The number of nitrogens with one attached hydrogen (secondary N) is 1. The number of aliphatic hydroxyl groups is 1. The van der Waals surface area contributed by atoms with E-state index >= 15 is 0 Å². The topological polar surface area (TPSA) is 104 Å². The second-order valence-electron chi connectivity index (χ2n) is 3.39. The van der Waals surface area contributed by atoms with E-state index in [1.807, 2.05) is 4.72 Å². The molecule has 0 aliphatic carbocycles. The lowest BCUT2D eigenvalue weighted by molar-refractivity contribution is -0.139. The number of hydrogen-bond donors (Lipinski definition) is 3. The monoisotopic (exact) mass is 279 g/mol. The van der Waals surface area contributed by atoms with E-state index in [0.29, 0.717) is 0 Å². The van der Waals surface area contributed by atoms with Gasteiger partial charge < -0.3 is 10.2 Å². The van der Waals surface area contributed by atoms with Crippen LogP contribution in [-0.4, -0.2) is 37.2 Å². The summed E-state index contributed by atoms with van der Waals surface area (Å²) in [6.07, 6.45) is -0.168. The van der Waals surface area contributed by atoms with Crippen molar-refractivity contribution in [1.29, 1.82) is 0 Å². The van der Waals surface area contributed by atoms with E-state index < -0.39 is 28.6 Å². The summed E-state index contributed by atoms with van der Waals surface area (Å²) in [5.74, 6) is -1.31. The zero-order valence-electron chi connectivity index (χ0n) is 9.08. The summed E-state index contributed by atoms with van der Waals surface area (Å²) in [5, 5.41) is 17.4. The number of aliphatic hydroxyl groups excluding tert-OH is 1. The van der Waals surface area contributed by atoms with Gasteiger partial charge in [-0.25, -0.2) is 8.42 Å². The van der Waals surface area contributed by atoms with Gasteiger partial charge in [-0.05, 0) is 25.5 Å². The fraction of sp³-hybridized carbons (Fsp3) is 0.444. The summed E-state index contributed by atoms with van der Waals surface area (Å²) in [6.45, 7) is 1.36. The molecule has 0 fully saturated rings. The van der Waals surface area contributed by atoms with Gasteiger partial charge in [-0.1, -0.05) is 0 Å². The van der Waals surface area contributed by atoms with Crippen LogP contribution in [0.3, 0.4) is 0 Å². The first kappa shape index (κ1) is 14.1. The second-order valence-corrected chi connectivity index (χ2v) is 6.62. The molecule has 0 bridgehead atoms. The highest BCUT2D eigenvalue weighted by Gasteiger charge is 2.25. The number of rotatable bonds is 6. The summed E-state index contributed by atoms with van der Waals surface area (Å²) < 4.78 is 25.7. The van der Waals surface area contributed by atoms with Gasteiger partial charge in [0.25, 0.3) is 10.0 Å². The molecule has 96 valence electrons. The first-order valence-electron chi connectivity index (χ1n) is 4.79. The Balaban J connectivity index is 2.88. The molecule has 1 atom stereocenters. The summed E-state index contributed by atoms with van der Waals surface area (Å²) in [7, 11) is -3.83. The van der Waals surface area contributed by atoms with Crippen LogP contribution in [0.2, 0.25) is 0 Å². The van der Waals surface area contributed by atoms with E-state index in [9.17, 15) is 13.2 Å². The van der Waals surface area contributed by atoms with Crippen LogP contribution in [0.15, 0.2) is 16.3 Å². The third-order valence-corrected chi connectivity index (χ3v) is 4.96. The Labute approximate surface area is 103 Å². The Morgan fingerprint density at radius 3 is 2.59 bits per heavy atom. The lowest BCUT2D eigenvalue weighted by Gasteiger charge is -2.12. The SMILES string of the molecule is Cc1ccc(S(=O)(=O)N[C@H](CCO)C(=O)O)s1. The third kappa shape index (κ3) is 3.77. The minimum atomic E-state index is -3.83. The van der Waals surface area contributed by atoms with Crippen LogP contribution < -0.4 is 4.72 Å². The fourth-order valence-electron chi connectivity index (χ4n) is 1.16. The zero-order chi connectivity index (χ0) is 13.1. The molecule has 6 nitrogen and oxygen atoms in total. The van der Waals surface area contributed by atoms with Gasteiger partial charge in [0.05, 0.1) is 0 Å². The van der Waals surface area contributed by atoms with E-state index in [1.54, 1.807) is 13.0 Å². The van der Waals surface area contributed by atoms with E-state index in [-0.39, 0.29) is 10.6 Å². The quantitative estimate of drug-likeness (QED) is 0.688. The highest BCUT2D eigenvalue weighted by atomic mass is 32.2. The molecule has 1 rings (SSSR count). The van der Waals surface area contributed by atoms with Gasteiger partial charge in [0.15, 0.2) is 0 Å². The number of hydrogen-bond acceptors (Lipinski definition) is 5. The summed E-state index contributed by atoms with van der Waals surface area (Å²) in [6, 6.07) is 1.74. The number of aliphatic carboxylic acids is 1. The molecule has 1 aromatic rings. The van der Waals surface area contributed by atoms with Crippen LogP contribution in [0, 0.1) is 6.92 Å². The molecule has 0 unspecified atom stereocenters. The van der Waals surface area contributed by atoms with Gasteiger partial charge in [-0.3, -0.25) is 4.79 Å².